The number of benzene rings is 2. The van der Waals surface area contributed by atoms with Gasteiger partial charge in [-0.2, -0.15) is 0 Å². The molecule has 1 aliphatic heterocycles. The van der Waals surface area contributed by atoms with E-state index >= 15 is 0 Å². The minimum Gasteiger partial charge on any atom is -0.385 e. The van der Waals surface area contributed by atoms with Gasteiger partial charge in [0.05, 0.1) is 4.91 Å². The third-order valence-corrected chi connectivity index (χ3v) is 5.02. The van der Waals surface area contributed by atoms with Crippen LogP contribution in [0.15, 0.2) is 58.3 Å². The molecule has 0 saturated heterocycles. The lowest BCUT2D eigenvalue weighted by Gasteiger charge is -2.12. The first-order chi connectivity index (χ1) is 11.6. The van der Waals surface area contributed by atoms with Crippen LogP contribution in [-0.2, 0) is 0 Å². The van der Waals surface area contributed by atoms with Gasteiger partial charge in [-0.25, -0.2) is 0 Å². The fraction of sp³-hybridized carbons (Fsp3) is 0.250. The number of carbonyl (C=O) groups excluding carboxylic acids is 1. The van der Waals surface area contributed by atoms with Gasteiger partial charge in [0.2, 0.25) is 5.78 Å². The average Bonchev–Trinajstić information content (AvgIpc) is 2.89. The van der Waals surface area contributed by atoms with Gasteiger partial charge in [0.15, 0.2) is 0 Å². The van der Waals surface area contributed by atoms with Crippen LogP contribution in [0.4, 0.5) is 5.69 Å². The number of rotatable bonds is 6. The number of nitrogens with one attached hydrogen (secondary N) is 1. The molecular formula is C20H22N2OS. The Kier molecular flexibility index (Phi) is 5.38. The molecule has 0 aromatic heterocycles. The van der Waals surface area contributed by atoms with Crippen LogP contribution in [0.5, 0.6) is 0 Å². The molecule has 0 atom stereocenters. The topological polar surface area (TPSA) is 32.3 Å². The molecule has 0 spiro atoms. The minimum absolute atomic E-state index is 0.123. The van der Waals surface area contributed by atoms with Gasteiger partial charge >= 0.3 is 0 Å². The summed E-state index contributed by atoms with van der Waals surface area (Å²) in [6, 6.07) is 15.9. The van der Waals surface area contributed by atoms with E-state index in [1.165, 1.54) is 0 Å². The molecular weight excluding hydrogens is 316 g/mol. The second kappa shape index (κ2) is 7.69. The number of nitrogens with zero attached hydrogens (tertiary/aromatic N) is 1. The van der Waals surface area contributed by atoms with E-state index in [-0.39, 0.29) is 5.78 Å². The van der Waals surface area contributed by atoms with Crippen LogP contribution in [0.2, 0.25) is 0 Å². The fourth-order valence-electron chi connectivity index (χ4n) is 2.68. The predicted molar refractivity (Wildman–Crippen MR) is 103 cm³/mol. The van der Waals surface area contributed by atoms with Gasteiger partial charge in [-0.3, -0.25) is 4.79 Å². The normalized spacial score (nSPS) is 15.1. The first kappa shape index (κ1) is 16.8. The minimum atomic E-state index is 0.123. The van der Waals surface area contributed by atoms with Crippen molar-refractivity contribution in [2.75, 3.05) is 32.5 Å². The summed E-state index contributed by atoms with van der Waals surface area (Å²) in [6.07, 6.45) is 3.08. The standard InChI is InChI=1S/C20H22N2OS/c1-22(2)13-7-12-21-17-10-5-3-8-15(17)14-19-20(23)16-9-4-6-11-18(16)24-19/h3-6,8-11,14,21H,7,12-13H2,1-2H3. The Morgan fingerprint density at radius 3 is 2.62 bits per heavy atom. The second-order valence-electron chi connectivity index (χ2n) is 6.11. The van der Waals surface area contributed by atoms with Crippen LogP contribution in [0.1, 0.15) is 22.3 Å². The highest BCUT2D eigenvalue weighted by atomic mass is 32.2. The van der Waals surface area contributed by atoms with Crippen LogP contribution in [0.25, 0.3) is 6.08 Å². The van der Waals surface area contributed by atoms with Gasteiger partial charge in [-0.05, 0) is 56.9 Å². The summed E-state index contributed by atoms with van der Waals surface area (Å²) in [5.41, 5.74) is 2.95. The lowest BCUT2D eigenvalue weighted by molar-refractivity contribution is 0.104. The van der Waals surface area contributed by atoms with Gasteiger partial charge in [0.1, 0.15) is 0 Å². The molecule has 2 aromatic carbocycles. The van der Waals surface area contributed by atoms with Crippen LogP contribution < -0.4 is 5.32 Å². The number of ketones is 1. The fourth-order valence-corrected chi connectivity index (χ4v) is 3.72. The average molecular weight is 338 g/mol. The number of allylic oxidation sites excluding steroid dienone is 1. The third kappa shape index (κ3) is 3.89. The van der Waals surface area contributed by atoms with Crippen molar-refractivity contribution in [3.05, 3.63) is 64.6 Å². The first-order valence-electron chi connectivity index (χ1n) is 8.16. The summed E-state index contributed by atoms with van der Waals surface area (Å²) in [5, 5.41) is 3.49. The molecule has 0 bridgehead atoms. The van der Waals surface area contributed by atoms with E-state index in [1.807, 2.05) is 42.5 Å². The van der Waals surface area contributed by atoms with E-state index in [4.69, 9.17) is 0 Å². The summed E-state index contributed by atoms with van der Waals surface area (Å²) in [5.74, 6) is 0.123. The van der Waals surface area contributed by atoms with Gasteiger partial charge < -0.3 is 10.2 Å². The number of Topliss-reactive ketones (excluding diaryl/α,β-unsaturated/α-hetero) is 1. The van der Waals surface area contributed by atoms with Crippen LogP contribution >= 0.6 is 11.8 Å². The van der Waals surface area contributed by atoms with Crippen LogP contribution in [0, 0.1) is 0 Å². The zero-order valence-electron chi connectivity index (χ0n) is 14.1. The van der Waals surface area contributed by atoms with E-state index in [1.54, 1.807) is 11.8 Å². The number of thioether (sulfide) groups is 1. The summed E-state index contributed by atoms with van der Waals surface area (Å²) < 4.78 is 0. The van der Waals surface area contributed by atoms with Crippen LogP contribution in [-0.4, -0.2) is 37.9 Å². The second-order valence-corrected chi connectivity index (χ2v) is 7.19. The molecule has 0 radical (unpaired) electrons. The van der Waals surface area contributed by atoms with Crippen molar-refractivity contribution in [2.45, 2.75) is 11.3 Å². The number of carbonyl (C=O) groups is 1. The highest BCUT2D eigenvalue weighted by molar-refractivity contribution is 8.04. The lowest BCUT2D eigenvalue weighted by atomic mass is 10.1. The Labute approximate surface area is 147 Å². The SMILES string of the molecule is CN(C)CCCNc1ccccc1C=C1Sc2ccccc2C1=O. The summed E-state index contributed by atoms with van der Waals surface area (Å²) in [4.78, 5) is 16.6. The van der Waals surface area contributed by atoms with E-state index in [0.29, 0.717) is 0 Å². The van der Waals surface area contributed by atoms with Crippen molar-refractivity contribution >= 4 is 29.3 Å². The summed E-state index contributed by atoms with van der Waals surface area (Å²) in [6.45, 7) is 1.97. The summed E-state index contributed by atoms with van der Waals surface area (Å²) in [7, 11) is 4.16. The van der Waals surface area contributed by atoms with Crippen molar-refractivity contribution in [1.29, 1.82) is 0 Å². The lowest BCUT2D eigenvalue weighted by Crippen LogP contribution is -2.16. The molecule has 1 N–H and O–H groups in total. The Balaban J connectivity index is 1.75. The molecule has 0 fully saturated rings. The molecule has 0 saturated carbocycles. The molecule has 4 heteroatoms. The Morgan fingerprint density at radius 1 is 1.08 bits per heavy atom. The first-order valence-corrected chi connectivity index (χ1v) is 8.98. The number of hydrogen-bond acceptors (Lipinski definition) is 4. The Morgan fingerprint density at radius 2 is 1.83 bits per heavy atom. The monoisotopic (exact) mass is 338 g/mol. The molecule has 124 valence electrons. The number of para-hydroxylation sites is 1. The van der Waals surface area contributed by atoms with E-state index in [9.17, 15) is 4.79 Å². The van der Waals surface area contributed by atoms with Crippen molar-refractivity contribution < 1.29 is 4.79 Å². The third-order valence-electron chi connectivity index (χ3n) is 3.92. The van der Waals surface area contributed by atoms with Gasteiger partial charge in [0.25, 0.3) is 0 Å². The molecule has 3 nitrogen and oxygen atoms in total. The van der Waals surface area contributed by atoms with Gasteiger partial charge in [-0.15, -0.1) is 0 Å². The predicted octanol–water partition coefficient (Wildman–Crippen LogP) is 4.38. The largest absolute Gasteiger partial charge is 0.385 e. The maximum absolute atomic E-state index is 12.5. The number of fused-ring (bicyclic) bond motifs is 1. The zero-order chi connectivity index (χ0) is 16.9. The van der Waals surface area contributed by atoms with Crippen molar-refractivity contribution in [3.8, 4) is 0 Å². The van der Waals surface area contributed by atoms with E-state index < -0.39 is 0 Å². The Bertz CT molecular complexity index is 768. The van der Waals surface area contributed by atoms with Gasteiger partial charge in [-0.1, -0.05) is 42.1 Å². The van der Waals surface area contributed by atoms with E-state index in [2.05, 4.69) is 36.4 Å². The molecule has 0 amide bonds. The number of hydrogen-bond donors (Lipinski definition) is 1. The molecule has 1 aliphatic rings. The quantitative estimate of drug-likeness (QED) is 0.626. The van der Waals surface area contributed by atoms with Crippen LogP contribution in [0.3, 0.4) is 0 Å². The maximum Gasteiger partial charge on any atom is 0.200 e. The van der Waals surface area contributed by atoms with E-state index in [0.717, 1.165) is 46.1 Å². The zero-order valence-corrected chi connectivity index (χ0v) is 14.9. The van der Waals surface area contributed by atoms with Crippen molar-refractivity contribution in [3.63, 3.8) is 0 Å². The molecule has 24 heavy (non-hydrogen) atoms. The van der Waals surface area contributed by atoms with Crippen molar-refractivity contribution in [2.24, 2.45) is 0 Å². The molecule has 2 aromatic rings. The summed E-state index contributed by atoms with van der Waals surface area (Å²) >= 11 is 1.56. The highest BCUT2D eigenvalue weighted by Crippen LogP contribution is 2.41. The molecule has 0 unspecified atom stereocenters. The Hall–Kier alpha value is -2.04. The highest BCUT2D eigenvalue weighted by Gasteiger charge is 2.25. The van der Waals surface area contributed by atoms with Gasteiger partial charge in [0, 0.05) is 22.7 Å². The molecule has 0 aliphatic carbocycles. The molecule has 1 heterocycles. The molecule has 3 rings (SSSR count). The number of anilines is 1. The smallest absolute Gasteiger partial charge is 0.200 e. The van der Waals surface area contributed by atoms with Crippen molar-refractivity contribution in [1.82, 2.24) is 4.90 Å². The maximum atomic E-state index is 12.5.